The summed E-state index contributed by atoms with van der Waals surface area (Å²) in [6.07, 6.45) is 5.86. The smallest absolute Gasteiger partial charge is 0.167 e. The van der Waals surface area contributed by atoms with Crippen LogP contribution in [0, 0.1) is 0 Å². The number of nitrogens with zero attached hydrogens (tertiary/aromatic N) is 6. The molecule has 1 aliphatic rings. The average Bonchev–Trinajstić information content (AvgIpc) is 3.57. The number of hydrogen-bond donors (Lipinski definition) is 0. The van der Waals surface area contributed by atoms with E-state index in [2.05, 4.69) is 114 Å². The lowest BCUT2D eigenvalue weighted by Crippen LogP contribution is -2.38. The Morgan fingerprint density at radius 1 is 0.774 bits per heavy atom. The minimum atomic E-state index is -1.27. The number of pyridine rings is 1. The molecule has 0 N–H and O–H groups in total. The molecular weight excluding hydrogens is 761 g/mol. The third-order valence-corrected chi connectivity index (χ3v) is 13.7. The normalized spacial score (nSPS) is 14.3. The van der Waals surface area contributed by atoms with E-state index in [0.717, 1.165) is 82.2 Å². The highest BCUT2D eigenvalue weighted by Crippen LogP contribution is 2.39. The Balaban J connectivity index is 1.33. The molecule has 0 amide bonds. The van der Waals surface area contributed by atoms with E-state index < -0.39 is 16.1 Å². The zero-order chi connectivity index (χ0) is 37.4. The van der Waals surface area contributed by atoms with Gasteiger partial charge in [0, 0.05) is 65.3 Å². The summed E-state index contributed by atoms with van der Waals surface area (Å²) in [6.45, 7) is 18.8. The number of piperidine rings is 1. The van der Waals surface area contributed by atoms with E-state index >= 15 is 0 Å². The van der Waals surface area contributed by atoms with Crippen LogP contribution in [0.5, 0.6) is 0 Å². The van der Waals surface area contributed by atoms with Gasteiger partial charge >= 0.3 is 0 Å². The molecule has 53 heavy (non-hydrogen) atoms. The Morgan fingerprint density at radius 2 is 1.40 bits per heavy atom. The van der Waals surface area contributed by atoms with Gasteiger partial charge in [-0.15, -0.1) is 0 Å². The van der Waals surface area contributed by atoms with Gasteiger partial charge in [-0.2, -0.15) is 9.61 Å². The lowest BCUT2D eigenvalue weighted by Gasteiger charge is -2.34. The minimum absolute atomic E-state index is 0.198. The summed E-state index contributed by atoms with van der Waals surface area (Å²) in [6, 6.07) is 27.0. The maximum atomic E-state index is 6.40. The van der Waals surface area contributed by atoms with Crippen molar-refractivity contribution in [2.75, 3.05) is 49.6 Å². The molecule has 6 rings (SSSR count). The Bertz CT molecular complexity index is 1870. The number of benzene rings is 2. The van der Waals surface area contributed by atoms with Crippen molar-refractivity contribution in [3.63, 3.8) is 0 Å². The minimum Gasteiger partial charge on any atom is -0.373 e. The van der Waals surface area contributed by atoms with Crippen LogP contribution in [0.1, 0.15) is 18.4 Å². The van der Waals surface area contributed by atoms with Crippen LogP contribution in [0.25, 0.3) is 28.0 Å². The molecule has 2 aromatic carbocycles. The van der Waals surface area contributed by atoms with E-state index in [-0.39, 0.29) is 6.10 Å². The van der Waals surface area contributed by atoms with E-state index in [1.54, 1.807) is 0 Å². The third-order valence-electron chi connectivity index (χ3n) is 9.55. The monoisotopic (exact) mass is 814 g/mol. The van der Waals surface area contributed by atoms with Crippen LogP contribution in [0.15, 0.2) is 89.7 Å². The van der Waals surface area contributed by atoms with Gasteiger partial charge in [0.15, 0.2) is 11.5 Å². The predicted molar refractivity (Wildman–Crippen MR) is 226 cm³/mol. The summed E-state index contributed by atoms with van der Waals surface area (Å²) < 4.78 is 22.0. The van der Waals surface area contributed by atoms with Gasteiger partial charge in [-0.3, -0.25) is 4.98 Å². The molecule has 1 saturated heterocycles. The second-order valence-corrected chi connectivity index (χ2v) is 28.4. The molecule has 12 heteroatoms. The highest BCUT2D eigenvalue weighted by atomic mass is 79.9. The molecule has 4 heterocycles. The highest BCUT2D eigenvalue weighted by Gasteiger charge is 2.29. The van der Waals surface area contributed by atoms with Crippen LogP contribution >= 0.6 is 15.9 Å². The van der Waals surface area contributed by atoms with Crippen molar-refractivity contribution in [1.82, 2.24) is 19.6 Å². The lowest BCUT2D eigenvalue weighted by molar-refractivity contribution is 0.0250. The zero-order valence-corrected chi connectivity index (χ0v) is 35.8. The summed E-state index contributed by atoms with van der Waals surface area (Å²) in [4.78, 5) is 14.7. The quantitative estimate of drug-likeness (QED) is 0.0522. The van der Waals surface area contributed by atoms with Crippen molar-refractivity contribution in [2.45, 2.75) is 76.9 Å². The number of anilines is 2. The number of ether oxygens (including phenoxy) is 3. The standard InChI is InChI=1S/C41H55BrN6O3Si2/c1-52(2,3)25-23-49-30-47(31-50-24-26-53(4,5)6)41-38(42)40(46-21-19-35(20-22-46)51-29-32-13-9-7-10-14-32)45-39-36(28-44-48(39)41)34-17-18-37(43-27-34)33-15-11-8-12-16-33/h7-18,27-28,35H,19-26,29-31H2,1-6H3. The first-order valence-electron chi connectivity index (χ1n) is 18.9. The molecule has 5 aromatic rings. The van der Waals surface area contributed by atoms with Crippen molar-refractivity contribution in [3.05, 3.63) is 95.2 Å². The fourth-order valence-electron chi connectivity index (χ4n) is 6.25. The van der Waals surface area contributed by atoms with Crippen LogP contribution in [0.2, 0.25) is 51.4 Å². The molecule has 0 radical (unpaired) electrons. The first-order chi connectivity index (χ1) is 25.4. The van der Waals surface area contributed by atoms with E-state index in [4.69, 9.17) is 29.3 Å². The van der Waals surface area contributed by atoms with Gasteiger partial charge in [0.25, 0.3) is 0 Å². The summed E-state index contributed by atoms with van der Waals surface area (Å²) >= 11 is 4.05. The molecule has 1 fully saturated rings. The summed E-state index contributed by atoms with van der Waals surface area (Å²) in [5.74, 6) is 1.76. The van der Waals surface area contributed by atoms with Gasteiger partial charge in [-0.05, 0) is 52.5 Å². The first kappa shape index (κ1) is 39.3. The van der Waals surface area contributed by atoms with Gasteiger partial charge < -0.3 is 24.0 Å². The second-order valence-electron chi connectivity index (χ2n) is 16.4. The van der Waals surface area contributed by atoms with E-state index in [0.29, 0.717) is 33.3 Å². The summed E-state index contributed by atoms with van der Waals surface area (Å²) in [7, 11) is -2.54. The Kier molecular flexibility index (Phi) is 13.2. The molecular formula is C41H55BrN6O3Si2. The number of fused-ring (bicyclic) bond motifs is 1. The molecule has 9 nitrogen and oxygen atoms in total. The van der Waals surface area contributed by atoms with Crippen LogP contribution in [-0.2, 0) is 20.8 Å². The van der Waals surface area contributed by atoms with Crippen molar-refractivity contribution < 1.29 is 14.2 Å². The van der Waals surface area contributed by atoms with E-state index in [1.165, 1.54) is 5.56 Å². The van der Waals surface area contributed by atoms with Crippen LogP contribution < -0.4 is 9.80 Å². The second kappa shape index (κ2) is 17.8. The Hall–Kier alpha value is -3.40. The van der Waals surface area contributed by atoms with Crippen molar-refractivity contribution in [2.24, 2.45) is 0 Å². The molecule has 0 saturated carbocycles. The first-order valence-corrected chi connectivity index (χ1v) is 27.1. The van der Waals surface area contributed by atoms with Crippen LogP contribution in [-0.4, -0.2) is 81.6 Å². The molecule has 0 aliphatic carbocycles. The fourth-order valence-corrected chi connectivity index (χ4v) is 8.53. The van der Waals surface area contributed by atoms with Gasteiger partial charge in [0.1, 0.15) is 23.8 Å². The van der Waals surface area contributed by atoms with Crippen LogP contribution in [0.3, 0.4) is 0 Å². The lowest BCUT2D eigenvalue weighted by atomic mass is 10.1. The zero-order valence-electron chi connectivity index (χ0n) is 32.2. The summed E-state index contributed by atoms with van der Waals surface area (Å²) in [5, 5.41) is 4.96. The Labute approximate surface area is 325 Å². The van der Waals surface area contributed by atoms with Crippen molar-refractivity contribution in [3.8, 4) is 22.4 Å². The fraction of sp³-hybridized carbons (Fsp3) is 0.439. The molecule has 0 spiro atoms. The highest BCUT2D eigenvalue weighted by molar-refractivity contribution is 9.10. The maximum absolute atomic E-state index is 6.40. The summed E-state index contributed by atoms with van der Waals surface area (Å²) in [5.41, 5.74) is 5.87. The van der Waals surface area contributed by atoms with Crippen LogP contribution in [0.4, 0.5) is 11.6 Å². The molecule has 282 valence electrons. The van der Waals surface area contributed by atoms with Gasteiger partial charge in [0.05, 0.1) is 24.6 Å². The molecule has 0 unspecified atom stereocenters. The molecule has 1 aliphatic heterocycles. The maximum Gasteiger partial charge on any atom is 0.167 e. The van der Waals surface area contributed by atoms with Gasteiger partial charge in [0.2, 0.25) is 0 Å². The predicted octanol–water partition coefficient (Wildman–Crippen LogP) is 9.84. The molecule has 3 aromatic heterocycles. The van der Waals surface area contributed by atoms with E-state index in [1.807, 2.05) is 41.2 Å². The number of hydrogen-bond acceptors (Lipinski definition) is 8. The average molecular weight is 816 g/mol. The SMILES string of the molecule is C[Si](C)(C)CCOCN(COCC[Si](C)(C)C)c1c(Br)c(N2CCC(OCc3ccccc3)CC2)nc2c(-c3ccc(-c4ccccc4)nc3)cnn12. The largest absolute Gasteiger partial charge is 0.373 e. The molecule has 0 atom stereocenters. The topological polar surface area (TPSA) is 77.2 Å². The van der Waals surface area contributed by atoms with E-state index in [9.17, 15) is 0 Å². The van der Waals surface area contributed by atoms with Gasteiger partial charge in [-0.1, -0.05) is 106 Å². The third kappa shape index (κ3) is 10.9. The number of aromatic nitrogens is 4. The number of halogens is 1. The Morgan fingerprint density at radius 3 is 1.98 bits per heavy atom. The van der Waals surface area contributed by atoms with Gasteiger partial charge in [-0.25, -0.2) is 4.98 Å². The van der Waals surface area contributed by atoms with Crippen molar-refractivity contribution in [1.29, 1.82) is 0 Å². The van der Waals surface area contributed by atoms with Crippen molar-refractivity contribution >= 4 is 49.4 Å². The molecule has 0 bridgehead atoms. The number of rotatable bonds is 17.